The molecule has 0 heterocycles. The van der Waals surface area contributed by atoms with Crippen LogP contribution in [-0.4, -0.2) is 0 Å². The maximum absolute atomic E-state index is 13.1. The number of hydrogen-bond donors (Lipinski definition) is 2. The second-order valence-electron chi connectivity index (χ2n) is 3.48. The van der Waals surface area contributed by atoms with E-state index in [2.05, 4.69) is 5.32 Å². The highest BCUT2D eigenvalue weighted by Crippen LogP contribution is 2.30. The molecule has 0 saturated carbocycles. The molecule has 0 aliphatic rings. The van der Waals surface area contributed by atoms with E-state index in [-0.39, 0.29) is 5.82 Å². The Morgan fingerprint density at radius 3 is 2.47 bits per heavy atom. The van der Waals surface area contributed by atoms with E-state index in [4.69, 9.17) is 28.9 Å². The van der Waals surface area contributed by atoms with Crippen LogP contribution in [0.4, 0.5) is 21.5 Å². The molecule has 0 radical (unpaired) electrons. The molecule has 0 fully saturated rings. The van der Waals surface area contributed by atoms with E-state index >= 15 is 0 Å². The Morgan fingerprint density at radius 2 is 1.76 bits per heavy atom. The van der Waals surface area contributed by atoms with E-state index in [1.165, 1.54) is 18.2 Å². The molecule has 3 N–H and O–H groups in total. The molecule has 0 spiro atoms. The molecule has 0 aromatic heterocycles. The van der Waals surface area contributed by atoms with Gasteiger partial charge in [-0.3, -0.25) is 0 Å². The van der Waals surface area contributed by atoms with Gasteiger partial charge in [0.1, 0.15) is 5.82 Å². The number of rotatable bonds is 2. The average Bonchev–Trinajstić information content (AvgIpc) is 2.27. The summed E-state index contributed by atoms with van der Waals surface area (Å²) in [5.74, 6) is -0.369. The monoisotopic (exact) mass is 270 g/mol. The topological polar surface area (TPSA) is 38.0 Å². The van der Waals surface area contributed by atoms with Gasteiger partial charge in [0.25, 0.3) is 0 Å². The molecule has 17 heavy (non-hydrogen) atoms. The summed E-state index contributed by atoms with van der Waals surface area (Å²) in [5.41, 5.74) is 7.25. The van der Waals surface area contributed by atoms with E-state index < -0.39 is 0 Å². The van der Waals surface area contributed by atoms with Crippen molar-refractivity contribution in [3.05, 3.63) is 52.3 Å². The molecular weight excluding hydrogens is 262 g/mol. The lowest BCUT2D eigenvalue weighted by molar-refractivity contribution is 0.628. The smallest absolute Gasteiger partial charge is 0.125 e. The van der Waals surface area contributed by atoms with Crippen molar-refractivity contribution in [2.45, 2.75) is 0 Å². The highest BCUT2D eigenvalue weighted by atomic mass is 35.5. The van der Waals surface area contributed by atoms with E-state index in [1.54, 1.807) is 18.2 Å². The summed E-state index contributed by atoms with van der Waals surface area (Å²) < 4.78 is 13.1. The van der Waals surface area contributed by atoms with Crippen molar-refractivity contribution in [3.63, 3.8) is 0 Å². The first kappa shape index (κ1) is 12.0. The largest absolute Gasteiger partial charge is 0.397 e. The maximum atomic E-state index is 13.1. The van der Waals surface area contributed by atoms with Gasteiger partial charge in [0, 0.05) is 5.02 Å². The molecule has 0 aliphatic carbocycles. The fourth-order valence-corrected chi connectivity index (χ4v) is 1.83. The molecular formula is C12H9Cl2FN2. The number of anilines is 3. The second kappa shape index (κ2) is 4.82. The number of nitrogens with one attached hydrogen (secondary N) is 1. The molecule has 88 valence electrons. The lowest BCUT2D eigenvalue weighted by Gasteiger charge is -2.11. The first-order valence-corrected chi connectivity index (χ1v) is 5.59. The Kier molecular flexibility index (Phi) is 3.41. The number of nitrogen functional groups attached to an aromatic ring is 1. The van der Waals surface area contributed by atoms with Crippen molar-refractivity contribution in [2.24, 2.45) is 0 Å². The summed E-state index contributed by atoms with van der Waals surface area (Å²) in [5, 5.41) is 3.93. The van der Waals surface area contributed by atoms with Crippen LogP contribution in [0, 0.1) is 5.82 Å². The third kappa shape index (κ3) is 2.81. The first-order chi connectivity index (χ1) is 8.06. The zero-order chi connectivity index (χ0) is 12.4. The molecule has 5 heteroatoms. The molecule has 2 nitrogen and oxygen atoms in total. The molecule has 0 aliphatic heterocycles. The van der Waals surface area contributed by atoms with Gasteiger partial charge in [0.2, 0.25) is 0 Å². The van der Waals surface area contributed by atoms with Crippen molar-refractivity contribution in [2.75, 3.05) is 11.1 Å². The van der Waals surface area contributed by atoms with Gasteiger partial charge in [0.05, 0.1) is 22.1 Å². The predicted molar refractivity (Wildman–Crippen MR) is 70.6 cm³/mol. The van der Waals surface area contributed by atoms with Gasteiger partial charge in [-0.15, -0.1) is 0 Å². The van der Waals surface area contributed by atoms with Crippen LogP contribution in [0.25, 0.3) is 0 Å². The minimum absolute atomic E-state index is 0.369. The van der Waals surface area contributed by atoms with Crippen LogP contribution < -0.4 is 11.1 Å². The molecule has 0 bridgehead atoms. The summed E-state index contributed by atoms with van der Waals surface area (Å²) in [6, 6.07) is 9.08. The van der Waals surface area contributed by atoms with Crippen LogP contribution in [0.5, 0.6) is 0 Å². The minimum atomic E-state index is -0.369. The van der Waals surface area contributed by atoms with Gasteiger partial charge in [-0.1, -0.05) is 23.2 Å². The summed E-state index contributed by atoms with van der Waals surface area (Å²) in [6.45, 7) is 0. The number of hydrogen-bond acceptors (Lipinski definition) is 2. The Morgan fingerprint density at radius 1 is 1.00 bits per heavy atom. The maximum Gasteiger partial charge on any atom is 0.125 e. The standard InChI is InChI=1S/C12H9Cl2FN2/c13-7-1-4-11(9(14)5-7)17-12-6-8(15)2-3-10(12)16/h1-6,17H,16H2. The molecule has 2 aromatic carbocycles. The molecule has 0 saturated heterocycles. The van der Waals surface area contributed by atoms with Crippen LogP contribution in [0.15, 0.2) is 36.4 Å². The average molecular weight is 271 g/mol. The van der Waals surface area contributed by atoms with E-state index in [1.807, 2.05) is 0 Å². The number of halogens is 3. The molecule has 0 amide bonds. The highest BCUT2D eigenvalue weighted by molar-refractivity contribution is 6.36. The molecule has 2 aromatic rings. The Bertz CT molecular complexity index is 558. The van der Waals surface area contributed by atoms with Crippen molar-refractivity contribution < 1.29 is 4.39 Å². The van der Waals surface area contributed by atoms with Gasteiger partial charge in [-0.25, -0.2) is 4.39 Å². The van der Waals surface area contributed by atoms with Crippen molar-refractivity contribution in [1.29, 1.82) is 0 Å². The van der Waals surface area contributed by atoms with Crippen molar-refractivity contribution in [1.82, 2.24) is 0 Å². The lowest BCUT2D eigenvalue weighted by atomic mass is 10.2. The quantitative estimate of drug-likeness (QED) is 0.791. The number of benzene rings is 2. The summed E-state index contributed by atoms with van der Waals surface area (Å²) in [4.78, 5) is 0. The van der Waals surface area contributed by atoms with Crippen LogP contribution >= 0.6 is 23.2 Å². The van der Waals surface area contributed by atoms with Crippen LogP contribution in [0.2, 0.25) is 10.0 Å². The van der Waals surface area contributed by atoms with Crippen molar-refractivity contribution >= 4 is 40.3 Å². The summed E-state index contributed by atoms with van der Waals surface area (Å²) >= 11 is 11.8. The minimum Gasteiger partial charge on any atom is -0.397 e. The normalized spacial score (nSPS) is 10.3. The fraction of sp³-hybridized carbons (Fsp3) is 0. The first-order valence-electron chi connectivity index (χ1n) is 4.83. The molecule has 2 rings (SSSR count). The van der Waals surface area contributed by atoms with Gasteiger partial charge < -0.3 is 11.1 Å². The van der Waals surface area contributed by atoms with E-state index in [9.17, 15) is 4.39 Å². The summed E-state index contributed by atoms with van der Waals surface area (Å²) in [7, 11) is 0. The van der Waals surface area contributed by atoms with Gasteiger partial charge in [0.15, 0.2) is 0 Å². The molecule has 0 unspecified atom stereocenters. The highest BCUT2D eigenvalue weighted by Gasteiger charge is 2.05. The predicted octanol–water partition coefficient (Wildman–Crippen LogP) is 4.46. The van der Waals surface area contributed by atoms with Crippen molar-refractivity contribution in [3.8, 4) is 0 Å². The van der Waals surface area contributed by atoms with Gasteiger partial charge in [-0.05, 0) is 36.4 Å². The van der Waals surface area contributed by atoms with Crippen LogP contribution in [0.1, 0.15) is 0 Å². The SMILES string of the molecule is Nc1ccc(F)cc1Nc1ccc(Cl)cc1Cl. The van der Waals surface area contributed by atoms with E-state index in [0.717, 1.165) is 0 Å². The third-order valence-corrected chi connectivity index (χ3v) is 2.76. The fourth-order valence-electron chi connectivity index (χ4n) is 1.37. The zero-order valence-corrected chi connectivity index (χ0v) is 10.2. The summed E-state index contributed by atoms with van der Waals surface area (Å²) in [6.07, 6.45) is 0. The number of nitrogens with two attached hydrogens (primary N) is 1. The Hall–Kier alpha value is -1.45. The molecule has 0 atom stereocenters. The van der Waals surface area contributed by atoms with Crippen LogP contribution in [-0.2, 0) is 0 Å². The second-order valence-corrected chi connectivity index (χ2v) is 4.32. The third-order valence-electron chi connectivity index (χ3n) is 2.22. The van der Waals surface area contributed by atoms with E-state index in [0.29, 0.717) is 27.1 Å². The lowest BCUT2D eigenvalue weighted by Crippen LogP contribution is -1.97. The van der Waals surface area contributed by atoms with Gasteiger partial charge in [-0.2, -0.15) is 0 Å². The zero-order valence-electron chi connectivity index (χ0n) is 8.68. The Labute approximate surface area is 108 Å². The van der Waals surface area contributed by atoms with Crippen LogP contribution in [0.3, 0.4) is 0 Å². The van der Waals surface area contributed by atoms with Gasteiger partial charge >= 0.3 is 0 Å². The Balaban J connectivity index is 2.34.